The first-order valence-electron chi connectivity index (χ1n) is 10.8. The zero-order chi connectivity index (χ0) is 17.8. The highest BCUT2D eigenvalue weighted by molar-refractivity contribution is 8.02. The molecule has 142 valence electrons. The van der Waals surface area contributed by atoms with Crippen molar-refractivity contribution in [2.24, 2.45) is 0 Å². The highest BCUT2D eigenvalue weighted by Crippen LogP contribution is 2.19. The van der Waals surface area contributed by atoms with Gasteiger partial charge >= 0.3 is 0 Å². The van der Waals surface area contributed by atoms with Crippen molar-refractivity contribution in [2.75, 3.05) is 0 Å². The largest absolute Gasteiger partial charge is 0.0984 e. The second-order valence-corrected chi connectivity index (χ2v) is 8.17. The lowest BCUT2D eigenvalue weighted by Gasteiger charge is -2.02. The van der Waals surface area contributed by atoms with E-state index in [2.05, 4.69) is 48.7 Å². The van der Waals surface area contributed by atoms with Crippen molar-refractivity contribution in [1.82, 2.24) is 0 Å². The molecule has 0 aliphatic carbocycles. The fourth-order valence-corrected chi connectivity index (χ4v) is 3.85. The van der Waals surface area contributed by atoms with E-state index >= 15 is 0 Å². The van der Waals surface area contributed by atoms with Gasteiger partial charge in [0.15, 0.2) is 0 Å². The van der Waals surface area contributed by atoms with Crippen LogP contribution in [0.1, 0.15) is 103 Å². The summed E-state index contributed by atoms with van der Waals surface area (Å²) in [5, 5.41) is 2.25. The van der Waals surface area contributed by atoms with Gasteiger partial charge in [0.05, 0.1) is 0 Å². The normalized spacial score (nSPS) is 11.4. The molecule has 0 saturated carbocycles. The lowest BCUT2D eigenvalue weighted by Crippen LogP contribution is -1.83. The van der Waals surface area contributed by atoms with Crippen LogP contribution in [-0.4, -0.2) is 0 Å². The van der Waals surface area contributed by atoms with E-state index in [-0.39, 0.29) is 0 Å². The summed E-state index contributed by atoms with van der Waals surface area (Å²) in [6.07, 6.45) is 23.7. The summed E-state index contributed by atoms with van der Waals surface area (Å²) in [6, 6.07) is 10.6. The van der Waals surface area contributed by atoms with Gasteiger partial charge < -0.3 is 0 Å². The van der Waals surface area contributed by atoms with Crippen LogP contribution >= 0.6 is 11.8 Å². The first-order valence-corrected chi connectivity index (χ1v) is 11.7. The molecule has 0 atom stereocenters. The SMILES string of the molecule is CCCCCCCCCCCCCCCCC=CSc1ccccc1. The quantitative estimate of drug-likeness (QED) is 0.197. The van der Waals surface area contributed by atoms with Gasteiger partial charge in [-0.1, -0.05) is 126 Å². The zero-order valence-corrected chi connectivity index (χ0v) is 17.4. The van der Waals surface area contributed by atoms with Crippen LogP contribution < -0.4 is 0 Å². The fourth-order valence-electron chi connectivity index (χ4n) is 3.15. The molecule has 1 aromatic carbocycles. The molecular formula is C24H40S. The zero-order valence-electron chi connectivity index (χ0n) is 16.6. The first-order chi connectivity index (χ1) is 12.4. The van der Waals surface area contributed by atoms with E-state index in [1.807, 2.05) is 11.8 Å². The maximum atomic E-state index is 2.33. The third kappa shape index (κ3) is 15.3. The highest BCUT2D eigenvalue weighted by Gasteiger charge is 1.94. The van der Waals surface area contributed by atoms with E-state index in [1.165, 1.54) is 101 Å². The van der Waals surface area contributed by atoms with Crippen LogP contribution in [0.15, 0.2) is 46.7 Å². The van der Waals surface area contributed by atoms with Crippen LogP contribution in [0.2, 0.25) is 0 Å². The lowest BCUT2D eigenvalue weighted by molar-refractivity contribution is 0.536. The van der Waals surface area contributed by atoms with Crippen molar-refractivity contribution < 1.29 is 0 Å². The molecule has 0 fully saturated rings. The van der Waals surface area contributed by atoms with Crippen molar-refractivity contribution in [3.05, 3.63) is 41.8 Å². The van der Waals surface area contributed by atoms with Crippen LogP contribution in [0.3, 0.4) is 0 Å². The minimum absolute atomic E-state index is 1.23. The predicted molar refractivity (Wildman–Crippen MR) is 116 cm³/mol. The first kappa shape index (κ1) is 22.4. The molecule has 0 aliphatic rings. The lowest BCUT2D eigenvalue weighted by atomic mass is 10.0. The second-order valence-electron chi connectivity index (χ2n) is 7.19. The maximum absolute atomic E-state index is 2.33. The van der Waals surface area contributed by atoms with Crippen LogP contribution in [0.25, 0.3) is 0 Å². The Morgan fingerprint density at radius 2 is 1.12 bits per heavy atom. The minimum Gasteiger partial charge on any atom is -0.0984 e. The molecule has 0 heterocycles. The van der Waals surface area contributed by atoms with Crippen molar-refractivity contribution in [3.8, 4) is 0 Å². The van der Waals surface area contributed by atoms with Gasteiger partial charge in [0.1, 0.15) is 0 Å². The van der Waals surface area contributed by atoms with Crippen LogP contribution in [0.5, 0.6) is 0 Å². The Hall–Kier alpha value is -0.690. The second kappa shape index (κ2) is 18.1. The van der Waals surface area contributed by atoms with Gasteiger partial charge in [-0.2, -0.15) is 0 Å². The average Bonchev–Trinajstić information content (AvgIpc) is 2.65. The minimum atomic E-state index is 1.23. The van der Waals surface area contributed by atoms with E-state index in [0.29, 0.717) is 0 Å². The Morgan fingerprint density at radius 1 is 0.640 bits per heavy atom. The fraction of sp³-hybridized carbons (Fsp3) is 0.667. The van der Waals surface area contributed by atoms with E-state index in [0.717, 1.165) is 0 Å². The number of hydrogen-bond donors (Lipinski definition) is 0. The van der Waals surface area contributed by atoms with Gasteiger partial charge in [0.2, 0.25) is 0 Å². The molecule has 25 heavy (non-hydrogen) atoms. The van der Waals surface area contributed by atoms with Crippen LogP contribution in [0.4, 0.5) is 0 Å². The number of benzene rings is 1. The molecule has 0 saturated heterocycles. The molecule has 0 aliphatic heterocycles. The summed E-state index contributed by atoms with van der Waals surface area (Å²) in [5.74, 6) is 0. The molecule has 1 heteroatoms. The molecule has 0 aromatic heterocycles. The summed E-state index contributed by atoms with van der Waals surface area (Å²) in [4.78, 5) is 1.33. The van der Waals surface area contributed by atoms with Crippen molar-refractivity contribution >= 4 is 11.8 Å². The smallest absolute Gasteiger partial charge is 0.0116 e. The van der Waals surface area contributed by atoms with Crippen molar-refractivity contribution in [3.63, 3.8) is 0 Å². The van der Waals surface area contributed by atoms with Gasteiger partial charge in [-0.3, -0.25) is 0 Å². The number of hydrogen-bond acceptors (Lipinski definition) is 1. The topological polar surface area (TPSA) is 0 Å². The van der Waals surface area contributed by atoms with Gasteiger partial charge in [0, 0.05) is 4.90 Å². The van der Waals surface area contributed by atoms with E-state index in [9.17, 15) is 0 Å². The third-order valence-corrected chi connectivity index (χ3v) is 5.64. The van der Waals surface area contributed by atoms with E-state index in [1.54, 1.807) is 0 Å². The Kier molecular flexibility index (Phi) is 16.2. The summed E-state index contributed by atoms with van der Waals surface area (Å²) < 4.78 is 0. The molecule has 0 nitrogen and oxygen atoms in total. The predicted octanol–water partition coefficient (Wildman–Crippen LogP) is 9.16. The van der Waals surface area contributed by atoms with E-state index < -0.39 is 0 Å². The standard InChI is InChI=1S/C24H40S/c1-2-3-4-5-6-7-8-9-10-11-12-13-14-15-16-20-23-25-24-21-18-17-19-22-24/h17-23H,2-16H2,1H3. The van der Waals surface area contributed by atoms with Crippen LogP contribution in [0, 0.1) is 0 Å². The number of unbranched alkanes of at least 4 members (excludes halogenated alkanes) is 14. The van der Waals surface area contributed by atoms with Crippen molar-refractivity contribution in [1.29, 1.82) is 0 Å². The molecule has 0 radical (unpaired) electrons. The number of thioether (sulfide) groups is 1. The third-order valence-electron chi connectivity index (χ3n) is 4.77. The Bertz CT molecular complexity index is 396. The molecule has 0 bridgehead atoms. The highest BCUT2D eigenvalue weighted by atomic mass is 32.2. The molecule has 0 N–H and O–H groups in total. The van der Waals surface area contributed by atoms with Gasteiger partial charge in [-0.05, 0) is 30.4 Å². The molecule has 0 unspecified atom stereocenters. The molecule has 0 spiro atoms. The monoisotopic (exact) mass is 360 g/mol. The van der Waals surface area contributed by atoms with Gasteiger partial charge in [-0.25, -0.2) is 0 Å². The maximum Gasteiger partial charge on any atom is 0.0116 e. The number of rotatable bonds is 17. The Labute approximate surface area is 161 Å². The Balaban J connectivity index is 1.74. The Morgan fingerprint density at radius 3 is 1.64 bits per heavy atom. The molecule has 1 rings (SSSR count). The molecule has 0 amide bonds. The van der Waals surface area contributed by atoms with E-state index in [4.69, 9.17) is 0 Å². The van der Waals surface area contributed by atoms with Gasteiger partial charge in [0.25, 0.3) is 0 Å². The molecule has 1 aromatic rings. The average molecular weight is 361 g/mol. The van der Waals surface area contributed by atoms with Gasteiger partial charge in [-0.15, -0.1) is 0 Å². The summed E-state index contributed by atoms with van der Waals surface area (Å²) >= 11 is 1.83. The van der Waals surface area contributed by atoms with Crippen molar-refractivity contribution in [2.45, 2.75) is 108 Å². The number of allylic oxidation sites excluding steroid dienone is 1. The summed E-state index contributed by atoms with van der Waals surface area (Å²) in [5.41, 5.74) is 0. The summed E-state index contributed by atoms with van der Waals surface area (Å²) in [7, 11) is 0. The van der Waals surface area contributed by atoms with Crippen LogP contribution in [-0.2, 0) is 0 Å². The summed E-state index contributed by atoms with van der Waals surface area (Å²) in [6.45, 7) is 2.29. The molecular weight excluding hydrogens is 320 g/mol.